The van der Waals surface area contributed by atoms with Crippen molar-refractivity contribution in [2.75, 3.05) is 5.32 Å². The molecule has 0 saturated carbocycles. The maximum atomic E-state index is 13.7. The quantitative estimate of drug-likeness (QED) is 0.741. The average molecular weight is 377 g/mol. The van der Waals surface area contributed by atoms with Crippen molar-refractivity contribution in [3.63, 3.8) is 0 Å². The molecule has 0 saturated heterocycles. The molecule has 6 heteroatoms. The topological polar surface area (TPSA) is 29.1 Å². The molecule has 1 amide bonds. The van der Waals surface area contributed by atoms with Crippen LogP contribution in [0.5, 0.6) is 0 Å². The van der Waals surface area contributed by atoms with Gasteiger partial charge in [0.25, 0.3) is 5.91 Å². The molecule has 1 N–H and O–H groups in total. The SMILES string of the molecule is Cc1ccc(F)c(C(=O)Nc2c(Cl)cc(Br)cc2Cl)c1. The molecule has 0 unspecified atom stereocenters. The molecule has 104 valence electrons. The minimum atomic E-state index is -0.600. The van der Waals surface area contributed by atoms with Gasteiger partial charge in [-0.1, -0.05) is 50.8 Å². The van der Waals surface area contributed by atoms with Crippen LogP contribution in [0.4, 0.5) is 10.1 Å². The van der Waals surface area contributed by atoms with E-state index >= 15 is 0 Å². The molecular weight excluding hydrogens is 368 g/mol. The molecule has 2 nitrogen and oxygen atoms in total. The van der Waals surface area contributed by atoms with Gasteiger partial charge in [0.05, 0.1) is 21.3 Å². The molecule has 0 aromatic heterocycles. The van der Waals surface area contributed by atoms with Gasteiger partial charge in [-0.25, -0.2) is 4.39 Å². The van der Waals surface area contributed by atoms with Crippen LogP contribution in [-0.4, -0.2) is 5.91 Å². The highest BCUT2D eigenvalue weighted by molar-refractivity contribution is 9.10. The van der Waals surface area contributed by atoms with Crippen molar-refractivity contribution >= 4 is 50.7 Å². The van der Waals surface area contributed by atoms with Crippen LogP contribution in [-0.2, 0) is 0 Å². The lowest BCUT2D eigenvalue weighted by Gasteiger charge is -2.11. The summed E-state index contributed by atoms with van der Waals surface area (Å²) in [7, 11) is 0. The van der Waals surface area contributed by atoms with Gasteiger partial charge >= 0.3 is 0 Å². The Morgan fingerprint density at radius 2 is 1.80 bits per heavy atom. The van der Waals surface area contributed by atoms with Crippen LogP contribution in [0.1, 0.15) is 15.9 Å². The first kappa shape index (κ1) is 15.3. The number of amides is 1. The molecule has 0 aliphatic heterocycles. The molecule has 0 aliphatic rings. The Labute approximate surface area is 134 Å². The van der Waals surface area contributed by atoms with Crippen molar-refractivity contribution in [1.82, 2.24) is 0 Å². The molecule has 0 atom stereocenters. The number of benzene rings is 2. The minimum absolute atomic E-state index is 0.0555. The van der Waals surface area contributed by atoms with Crippen molar-refractivity contribution in [2.24, 2.45) is 0 Å². The van der Waals surface area contributed by atoms with E-state index in [0.29, 0.717) is 4.47 Å². The average Bonchev–Trinajstić information content (AvgIpc) is 2.36. The summed E-state index contributed by atoms with van der Waals surface area (Å²) in [6.45, 7) is 1.77. The molecule has 2 aromatic rings. The predicted molar refractivity (Wildman–Crippen MR) is 83.3 cm³/mol. The molecule has 20 heavy (non-hydrogen) atoms. The molecular formula is C14H9BrCl2FNO. The van der Waals surface area contributed by atoms with E-state index in [0.717, 1.165) is 5.56 Å². The number of anilines is 1. The number of nitrogens with one attached hydrogen (secondary N) is 1. The number of rotatable bonds is 2. The summed E-state index contributed by atoms with van der Waals surface area (Å²) in [6, 6.07) is 7.48. The van der Waals surface area contributed by atoms with E-state index in [9.17, 15) is 9.18 Å². The van der Waals surface area contributed by atoms with Gasteiger partial charge in [-0.15, -0.1) is 0 Å². The lowest BCUT2D eigenvalue weighted by atomic mass is 10.1. The summed E-state index contributed by atoms with van der Waals surface area (Å²) < 4.78 is 14.3. The molecule has 0 aliphatic carbocycles. The van der Waals surface area contributed by atoms with E-state index in [-0.39, 0.29) is 21.3 Å². The van der Waals surface area contributed by atoms with Gasteiger partial charge in [0.2, 0.25) is 0 Å². The summed E-state index contributed by atoms with van der Waals surface area (Å²) in [5.74, 6) is -1.20. The number of hydrogen-bond acceptors (Lipinski definition) is 1. The van der Waals surface area contributed by atoms with Gasteiger partial charge < -0.3 is 5.32 Å². The van der Waals surface area contributed by atoms with E-state index in [1.165, 1.54) is 12.1 Å². The van der Waals surface area contributed by atoms with Crippen molar-refractivity contribution in [2.45, 2.75) is 6.92 Å². The van der Waals surface area contributed by atoms with Crippen LogP contribution < -0.4 is 5.32 Å². The minimum Gasteiger partial charge on any atom is -0.319 e. The molecule has 0 bridgehead atoms. The Bertz CT molecular complexity index is 668. The highest BCUT2D eigenvalue weighted by atomic mass is 79.9. The van der Waals surface area contributed by atoms with E-state index < -0.39 is 11.7 Å². The van der Waals surface area contributed by atoms with Crippen molar-refractivity contribution in [3.05, 3.63) is 61.8 Å². The van der Waals surface area contributed by atoms with Crippen LogP contribution in [0.2, 0.25) is 10.0 Å². The standard InChI is InChI=1S/C14H9BrCl2FNO/c1-7-2-3-12(18)9(4-7)14(20)19-13-10(16)5-8(15)6-11(13)17/h2-6H,1H3,(H,19,20). The monoisotopic (exact) mass is 375 g/mol. The molecule has 0 heterocycles. The lowest BCUT2D eigenvalue weighted by Crippen LogP contribution is -2.14. The van der Waals surface area contributed by atoms with E-state index in [2.05, 4.69) is 21.2 Å². The summed E-state index contributed by atoms with van der Waals surface area (Å²) in [6.07, 6.45) is 0. The molecule has 0 fully saturated rings. The Hall–Kier alpha value is -1.10. The van der Waals surface area contributed by atoms with Crippen molar-refractivity contribution < 1.29 is 9.18 Å². The van der Waals surface area contributed by atoms with Gasteiger partial charge in [-0.05, 0) is 31.2 Å². The first-order chi connectivity index (χ1) is 9.38. The summed E-state index contributed by atoms with van der Waals surface area (Å²) >= 11 is 15.3. The summed E-state index contributed by atoms with van der Waals surface area (Å²) in [4.78, 5) is 12.1. The third kappa shape index (κ3) is 3.32. The lowest BCUT2D eigenvalue weighted by molar-refractivity contribution is 0.102. The Kier molecular flexibility index (Phi) is 4.68. The Morgan fingerprint density at radius 3 is 2.40 bits per heavy atom. The number of carbonyl (C=O) groups is 1. The molecule has 2 aromatic carbocycles. The largest absolute Gasteiger partial charge is 0.319 e. The second-order valence-corrected chi connectivity index (χ2v) is 5.91. The van der Waals surface area contributed by atoms with Crippen molar-refractivity contribution in [3.8, 4) is 0 Å². The summed E-state index contributed by atoms with van der Waals surface area (Å²) in [5, 5.41) is 3.06. The fourth-order valence-corrected chi connectivity index (χ4v) is 2.96. The fourth-order valence-electron chi connectivity index (χ4n) is 1.66. The van der Waals surface area contributed by atoms with Gasteiger partial charge in [0.15, 0.2) is 0 Å². The van der Waals surface area contributed by atoms with Crippen LogP contribution in [0.15, 0.2) is 34.8 Å². The number of carbonyl (C=O) groups excluding carboxylic acids is 1. The summed E-state index contributed by atoms with van der Waals surface area (Å²) in [5.41, 5.74) is 0.979. The smallest absolute Gasteiger partial charge is 0.258 e. The van der Waals surface area contributed by atoms with Crippen LogP contribution >= 0.6 is 39.1 Å². The molecule has 2 rings (SSSR count). The second-order valence-electron chi connectivity index (χ2n) is 4.18. The zero-order chi connectivity index (χ0) is 14.9. The maximum Gasteiger partial charge on any atom is 0.258 e. The van der Waals surface area contributed by atoms with Crippen LogP contribution in [0.25, 0.3) is 0 Å². The van der Waals surface area contributed by atoms with E-state index in [1.54, 1.807) is 25.1 Å². The number of hydrogen-bond donors (Lipinski definition) is 1. The zero-order valence-corrected chi connectivity index (χ0v) is 13.4. The Morgan fingerprint density at radius 1 is 1.20 bits per heavy atom. The van der Waals surface area contributed by atoms with E-state index in [1.807, 2.05) is 0 Å². The first-order valence-corrected chi connectivity index (χ1v) is 7.15. The first-order valence-electron chi connectivity index (χ1n) is 5.60. The predicted octanol–water partition coefficient (Wildman–Crippen LogP) is 5.46. The van der Waals surface area contributed by atoms with Gasteiger partial charge in [0, 0.05) is 4.47 Å². The third-order valence-electron chi connectivity index (χ3n) is 2.61. The van der Waals surface area contributed by atoms with Gasteiger partial charge in [-0.2, -0.15) is 0 Å². The highest BCUT2D eigenvalue weighted by Crippen LogP contribution is 2.34. The van der Waals surface area contributed by atoms with Gasteiger partial charge in [-0.3, -0.25) is 4.79 Å². The normalized spacial score (nSPS) is 10.4. The second kappa shape index (κ2) is 6.12. The van der Waals surface area contributed by atoms with Crippen LogP contribution in [0, 0.1) is 12.7 Å². The highest BCUT2D eigenvalue weighted by Gasteiger charge is 2.16. The zero-order valence-electron chi connectivity index (χ0n) is 10.3. The molecule has 0 spiro atoms. The van der Waals surface area contributed by atoms with E-state index in [4.69, 9.17) is 23.2 Å². The fraction of sp³-hybridized carbons (Fsp3) is 0.0714. The maximum absolute atomic E-state index is 13.7. The van der Waals surface area contributed by atoms with Crippen LogP contribution in [0.3, 0.4) is 0 Å². The van der Waals surface area contributed by atoms with Crippen molar-refractivity contribution in [1.29, 1.82) is 0 Å². The van der Waals surface area contributed by atoms with Gasteiger partial charge in [0.1, 0.15) is 5.82 Å². The Balaban J connectivity index is 2.35. The number of halogens is 4. The number of aryl methyl sites for hydroxylation is 1. The third-order valence-corrected chi connectivity index (χ3v) is 3.67. The molecule has 0 radical (unpaired) electrons.